The van der Waals surface area contributed by atoms with Gasteiger partial charge in [0, 0.05) is 0 Å². The average molecular weight is 361 g/mol. The number of amides is 1. The molecule has 0 aromatic carbocycles. The second-order valence-electron chi connectivity index (χ2n) is 3.72. The number of anilines is 1. The SMILES string of the molecule is CC(C)(C)OC(=O)Nc1nc(Cl)sc1I. The minimum atomic E-state index is -0.526. The molecule has 7 heteroatoms. The fraction of sp³-hybridized carbons (Fsp3) is 0.500. The third-order valence-corrected chi connectivity index (χ3v) is 3.30. The topological polar surface area (TPSA) is 51.2 Å². The first kappa shape index (κ1) is 13.0. The van der Waals surface area contributed by atoms with Gasteiger partial charge in [0.1, 0.15) is 8.48 Å². The van der Waals surface area contributed by atoms with E-state index in [9.17, 15) is 4.79 Å². The van der Waals surface area contributed by atoms with Gasteiger partial charge in [0.05, 0.1) is 0 Å². The Morgan fingerprint density at radius 1 is 1.60 bits per heavy atom. The molecule has 1 aromatic rings. The van der Waals surface area contributed by atoms with Crippen molar-refractivity contribution in [2.45, 2.75) is 26.4 Å². The lowest BCUT2D eigenvalue weighted by Crippen LogP contribution is -2.27. The molecule has 0 fully saturated rings. The van der Waals surface area contributed by atoms with Crippen LogP contribution in [-0.4, -0.2) is 16.7 Å². The van der Waals surface area contributed by atoms with Gasteiger partial charge in [-0.3, -0.25) is 5.32 Å². The second kappa shape index (κ2) is 4.84. The number of ether oxygens (including phenoxy) is 1. The van der Waals surface area contributed by atoms with Crippen molar-refractivity contribution >= 4 is 57.4 Å². The van der Waals surface area contributed by atoms with Gasteiger partial charge in [-0.2, -0.15) is 0 Å². The number of nitrogens with zero attached hydrogens (tertiary/aromatic N) is 1. The molecule has 1 amide bonds. The van der Waals surface area contributed by atoms with Crippen LogP contribution in [0, 0.1) is 2.88 Å². The van der Waals surface area contributed by atoms with Crippen LogP contribution >= 0.6 is 45.5 Å². The maximum atomic E-state index is 11.4. The first-order chi connectivity index (χ1) is 6.78. The molecule has 15 heavy (non-hydrogen) atoms. The number of nitrogens with one attached hydrogen (secondary N) is 1. The van der Waals surface area contributed by atoms with Gasteiger partial charge in [0.15, 0.2) is 10.3 Å². The van der Waals surface area contributed by atoms with E-state index < -0.39 is 11.7 Å². The smallest absolute Gasteiger partial charge is 0.413 e. The molecule has 1 aromatic heterocycles. The maximum absolute atomic E-state index is 11.4. The van der Waals surface area contributed by atoms with Crippen LogP contribution in [0.2, 0.25) is 4.47 Å². The van der Waals surface area contributed by atoms with Crippen molar-refractivity contribution in [3.63, 3.8) is 0 Å². The summed E-state index contributed by atoms with van der Waals surface area (Å²) in [5, 5.41) is 2.53. The highest BCUT2D eigenvalue weighted by Gasteiger charge is 2.18. The van der Waals surface area contributed by atoms with Crippen LogP contribution in [0.5, 0.6) is 0 Å². The van der Waals surface area contributed by atoms with E-state index in [0.29, 0.717) is 10.3 Å². The molecule has 1 heterocycles. The van der Waals surface area contributed by atoms with E-state index in [-0.39, 0.29) is 0 Å². The number of thiazole rings is 1. The van der Waals surface area contributed by atoms with Crippen molar-refractivity contribution in [1.29, 1.82) is 0 Å². The predicted molar refractivity (Wildman–Crippen MR) is 69.7 cm³/mol. The lowest BCUT2D eigenvalue weighted by molar-refractivity contribution is 0.0635. The van der Waals surface area contributed by atoms with Crippen molar-refractivity contribution in [2.75, 3.05) is 5.32 Å². The van der Waals surface area contributed by atoms with Gasteiger partial charge in [-0.05, 0) is 43.4 Å². The molecule has 0 saturated heterocycles. The van der Waals surface area contributed by atoms with E-state index in [0.717, 1.165) is 2.88 Å². The largest absolute Gasteiger partial charge is 0.444 e. The number of hydrogen-bond donors (Lipinski definition) is 1. The Bertz CT molecular complexity index is 375. The maximum Gasteiger partial charge on any atom is 0.413 e. The Morgan fingerprint density at radius 3 is 2.60 bits per heavy atom. The zero-order valence-corrected chi connectivity index (χ0v) is 12.2. The number of hydrogen-bond acceptors (Lipinski definition) is 4. The molecule has 0 aliphatic heterocycles. The molecule has 0 aliphatic carbocycles. The minimum absolute atomic E-state index is 0.394. The van der Waals surface area contributed by atoms with Gasteiger partial charge in [-0.25, -0.2) is 9.78 Å². The van der Waals surface area contributed by atoms with E-state index >= 15 is 0 Å². The number of rotatable bonds is 1. The first-order valence-electron chi connectivity index (χ1n) is 4.10. The Kier molecular flexibility index (Phi) is 4.19. The van der Waals surface area contributed by atoms with Gasteiger partial charge in [-0.1, -0.05) is 22.9 Å². The molecular weight excluding hydrogens is 351 g/mol. The minimum Gasteiger partial charge on any atom is -0.444 e. The summed E-state index contributed by atoms with van der Waals surface area (Å²) in [6, 6.07) is 0. The Hall–Kier alpha value is -0.0800. The summed E-state index contributed by atoms with van der Waals surface area (Å²) >= 11 is 9.05. The summed E-state index contributed by atoms with van der Waals surface area (Å²) in [5.74, 6) is 0.444. The monoisotopic (exact) mass is 360 g/mol. The highest BCUT2D eigenvalue weighted by atomic mass is 127. The van der Waals surface area contributed by atoms with Gasteiger partial charge in [0.25, 0.3) is 0 Å². The van der Waals surface area contributed by atoms with E-state index in [1.807, 2.05) is 0 Å². The summed E-state index contributed by atoms with van der Waals surface area (Å²) < 4.78 is 6.29. The van der Waals surface area contributed by atoms with E-state index in [2.05, 4.69) is 32.9 Å². The molecule has 0 radical (unpaired) electrons. The van der Waals surface area contributed by atoms with Crippen molar-refractivity contribution in [2.24, 2.45) is 0 Å². The van der Waals surface area contributed by atoms with E-state index in [4.69, 9.17) is 16.3 Å². The van der Waals surface area contributed by atoms with Crippen LogP contribution in [0.4, 0.5) is 10.6 Å². The third kappa shape index (κ3) is 4.52. The van der Waals surface area contributed by atoms with Gasteiger partial charge >= 0.3 is 6.09 Å². The van der Waals surface area contributed by atoms with E-state index in [1.54, 1.807) is 20.8 Å². The zero-order valence-electron chi connectivity index (χ0n) is 8.43. The molecule has 0 unspecified atom stereocenters. The number of halogens is 2. The van der Waals surface area contributed by atoms with Gasteiger partial charge < -0.3 is 4.74 Å². The summed E-state index contributed by atoms with van der Waals surface area (Å²) in [6.45, 7) is 5.39. The molecule has 0 aliphatic rings. The average Bonchev–Trinajstić information content (AvgIpc) is 2.25. The van der Waals surface area contributed by atoms with Crippen LogP contribution < -0.4 is 5.32 Å². The van der Waals surface area contributed by atoms with Crippen LogP contribution in [0.1, 0.15) is 20.8 Å². The van der Waals surface area contributed by atoms with Crippen LogP contribution in [0.3, 0.4) is 0 Å². The summed E-state index contributed by atoms with van der Waals surface area (Å²) in [7, 11) is 0. The fourth-order valence-electron chi connectivity index (χ4n) is 0.754. The molecule has 1 rings (SSSR count). The summed E-state index contributed by atoms with van der Waals surface area (Å²) in [5.41, 5.74) is -0.519. The van der Waals surface area contributed by atoms with Crippen LogP contribution in [0.15, 0.2) is 0 Å². The highest BCUT2D eigenvalue weighted by molar-refractivity contribution is 14.1. The molecule has 0 saturated carbocycles. The molecule has 84 valence electrons. The lowest BCUT2D eigenvalue weighted by Gasteiger charge is -2.19. The fourth-order valence-corrected chi connectivity index (χ4v) is 2.82. The van der Waals surface area contributed by atoms with Gasteiger partial charge in [0.2, 0.25) is 0 Å². The quantitative estimate of drug-likeness (QED) is 0.776. The van der Waals surface area contributed by atoms with E-state index in [1.165, 1.54) is 11.3 Å². The van der Waals surface area contributed by atoms with Crippen molar-refractivity contribution < 1.29 is 9.53 Å². The molecule has 0 spiro atoms. The highest BCUT2D eigenvalue weighted by Crippen LogP contribution is 2.28. The molecule has 0 atom stereocenters. The number of carbonyl (C=O) groups is 1. The first-order valence-corrected chi connectivity index (χ1v) is 6.37. The molecular formula is C8H10ClIN2O2S. The zero-order chi connectivity index (χ0) is 11.6. The van der Waals surface area contributed by atoms with Crippen LogP contribution in [0.25, 0.3) is 0 Å². The lowest BCUT2D eigenvalue weighted by atomic mass is 10.2. The normalized spacial score (nSPS) is 11.3. The van der Waals surface area contributed by atoms with Gasteiger partial charge in [-0.15, -0.1) is 0 Å². The molecule has 0 bridgehead atoms. The predicted octanol–water partition coefficient (Wildman–Crippen LogP) is 3.75. The van der Waals surface area contributed by atoms with Crippen molar-refractivity contribution in [3.05, 3.63) is 7.35 Å². The Labute approximate surface area is 111 Å². The molecule has 4 nitrogen and oxygen atoms in total. The summed E-state index contributed by atoms with van der Waals surface area (Å²) in [4.78, 5) is 15.3. The standard InChI is InChI=1S/C8H10ClIN2O2S/c1-8(2,3)14-7(13)12-5-4(10)15-6(9)11-5/h1-3H3,(H,12,13). The van der Waals surface area contributed by atoms with Crippen LogP contribution in [-0.2, 0) is 4.74 Å². The van der Waals surface area contributed by atoms with Crippen molar-refractivity contribution in [3.8, 4) is 0 Å². The Morgan fingerprint density at radius 2 is 2.20 bits per heavy atom. The number of carbonyl (C=O) groups excluding carboxylic acids is 1. The Balaban J connectivity index is 2.63. The summed E-state index contributed by atoms with van der Waals surface area (Å²) in [6.07, 6.45) is -0.526. The number of aromatic nitrogens is 1. The van der Waals surface area contributed by atoms with Crippen molar-refractivity contribution in [1.82, 2.24) is 4.98 Å². The second-order valence-corrected chi connectivity index (χ2v) is 7.11. The molecule has 1 N–H and O–H groups in total. The third-order valence-electron chi connectivity index (χ3n) is 1.18.